The van der Waals surface area contributed by atoms with Crippen molar-refractivity contribution in [3.8, 4) is 0 Å². The Morgan fingerprint density at radius 3 is 2.87 bits per heavy atom. The highest BCUT2D eigenvalue weighted by atomic mass is 79.9. The first kappa shape index (κ1) is 10.9. The molecule has 1 unspecified atom stereocenters. The van der Waals surface area contributed by atoms with Crippen LogP contribution in [-0.4, -0.2) is 18.5 Å². The zero-order valence-corrected chi connectivity index (χ0v) is 10.3. The van der Waals surface area contributed by atoms with E-state index in [9.17, 15) is 4.79 Å². The summed E-state index contributed by atoms with van der Waals surface area (Å²) in [7, 11) is 0. The lowest BCUT2D eigenvalue weighted by Crippen LogP contribution is -2.28. The quantitative estimate of drug-likeness (QED) is 0.861. The predicted molar refractivity (Wildman–Crippen MR) is 64.1 cm³/mol. The number of rotatable bonds is 1. The van der Waals surface area contributed by atoms with Gasteiger partial charge in [-0.3, -0.25) is 4.79 Å². The smallest absolute Gasteiger partial charge is 0.228 e. The van der Waals surface area contributed by atoms with Crippen molar-refractivity contribution >= 4 is 39.1 Å². The molecule has 5 heteroatoms. The summed E-state index contributed by atoms with van der Waals surface area (Å²) in [6, 6.07) is 5.42. The van der Waals surface area contributed by atoms with E-state index < -0.39 is 0 Å². The third-order valence-electron chi connectivity index (χ3n) is 2.38. The van der Waals surface area contributed by atoms with Crippen LogP contribution in [0.25, 0.3) is 0 Å². The number of hydrogen-bond donors (Lipinski definition) is 1. The Bertz CT molecular complexity index is 410. The minimum atomic E-state index is -0.0902. The summed E-state index contributed by atoms with van der Waals surface area (Å²) in [4.78, 5) is 13.3. The highest BCUT2D eigenvalue weighted by molar-refractivity contribution is 9.10. The summed E-state index contributed by atoms with van der Waals surface area (Å²) >= 11 is 9.43. The van der Waals surface area contributed by atoms with Crippen molar-refractivity contribution in [2.24, 2.45) is 5.73 Å². The molecule has 0 aliphatic carbocycles. The Labute approximate surface area is 101 Å². The van der Waals surface area contributed by atoms with Gasteiger partial charge in [-0.2, -0.15) is 0 Å². The van der Waals surface area contributed by atoms with E-state index >= 15 is 0 Å². The van der Waals surface area contributed by atoms with Crippen LogP contribution in [0.4, 0.5) is 5.69 Å². The number of carbonyl (C=O) groups is 1. The molecule has 1 aromatic rings. The maximum Gasteiger partial charge on any atom is 0.228 e. The van der Waals surface area contributed by atoms with Crippen molar-refractivity contribution in [1.29, 1.82) is 0 Å². The molecule has 3 nitrogen and oxygen atoms in total. The Kier molecular flexibility index (Phi) is 3.00. The van der Waals surface area contributed by atoms with Gasteiger partial charge in [-0.15, -0.1) is 0 Å². The average Bonchev–Trinajstić information content (AvgIpc) is 2.50. The second-order valence-electron chi connectivity index (χ2n) is 3.54. The fourth-order valence-corrected chi connectivity index (χ4v) is 2.25. The van der Waals surface area contributed by atoms with E-state index in [-0.39, 0.29) is 11.9 Å². The molecule has 2 rings (SSSR count). The number of anilines is 1. The highest BCUT2D eigenvalue weighted by Crippen LogP contribution is 2.34. The number of halogens is 2. The maximum atomic E-state index is 11.6. The van der Waals surface area contributed by atoms with E-state index in [1.165, 1.54) is 0 Å². The predicted octanol–water partition coefficient (Wildman–Crippen LogP) is 2.17. The van der Waals surface area contributed by atoms with E-state index in [0.29, 0.717) is 18.0 Å². The van der Waals surface area contributed by atoms with Gasteiger partial charge >= 0.3 is 0 Å². The summed E-state index contributed by atoms with van der Waals surface area (Å²) in [6.07, 6.45) is 0.392. The fraction of sp³-hybridized carbons (Fsp3) is 0.300. The summed E-state index contributed by atoms with van der Waals surface area (Å²) in [5, 5.41) is 0.556. The van der Waals surface area contributed by atoms with Crippen molar-refractivity contribution in [3.63, 3.8) is 0 Å². The van der Waals surface area contributed by atoms with Crippen LogP contribution < -0.4 is 10.6 Å². The first-order valence-electron chi connectivity index (χ1n) is 4.59. The van der Waals surface area contributed by atoms with Crippen LogP contribution in [0.1, 0.15) is 6.42 Å². The van der Waals surface area contributed by atoms with E-state index in [0.717, 1.165) is 10.2 Å². The Balaban J connectivity index is 2.38. The van der Waals surface area contributed by atoms with Gasteiger partial charge < -0.3 is 10.6 Å². The SMILES string of the molecule is NC1CC(=O)N(c2cccc(Br)c2Cl)C1. The normalized spacial score (nSPS) is 21.1. The molecular weight excluding hydrogens is 279 g/mol. The van der Waals surface area contributed by atoms with Gasteiger partial charge in [0, 0.05) is 23.5 Å². The first-order chi connectivity index (χ1) is 7.09. The maximum absolute atomic E-state index is 11.6. The van der Waals surface area contributed by atoms with Crippen molar-refractivity contribution in [2.45, 2.75) is 12.5 Å². The van der Waals surface area contributed by atoms with Crippen LogP contribution in [0.3, 0.4) is 0 Å². The third-order valence-corrected chi connectivity index (χ3v) is 3.66. The summed E-state index contributed by atoms with van der Waals surface area (Å²) in [5.41, 5.74) is 6.45. The number of carbonyl (C=O) groups excluding carboxylic acids is 1. The van der Waals surface area contributed by atoms with Gasteiger partial charge in [-0.05, 0) is 28.1 Å². The second-order valence-corrected chi connectivity index (χ2v) is 4.77. The number of nitrogens with zero attached hydrogens (tertiary/aromatic N) is 1. The fourth-order valence-electron chi connectivity index (χ4n) is 1.67. The molecule has 0 radical (unpaired) electrons. The van der Waals surface area contributed by atoms with E-state index in [1.807, 2.05) is 18.2 Å². The van der Waals surface area contributed by atoms with Gasteiger partial charge in [-0.1, -0.05) is 17.7 Å². The molecule has 80 valence electrons. The van der Waals surface area contributed by atoms with Gasteiger partial charge in [-0.25, -0.2) is 0 Å². The molecule has 1 atom stereocenters. The minimum absolute atomic E-state index is 0.0301. The number of benzene rings is 1. The summed E-state index contributed by atoms with van der Waals surface area (Å²) < 4.78 is 0.787. The molecule has 1 aromatic carbocycles. The van der Waals surface area contributed by atoms with Gasteiger partial charge in [0.25, 0.3) is 0 Å². The van der Waals surface area contributed by atoms with E-state index in [4.69, 9.17) is 17.3 Å². The summed E-state index contributed by atoms with van der Waals surface area (Å²) in [5.74, 6) is 0.0301. The molecule has 0 bridgehead atoms. The van der Waals surface area contributed by atoms with E-state index in [2.05, 4.69) is 15.9 Å². The first-order valence-corrected chi connectivity index (χ1v) is 5.76. The molecule has 1 fully saturated rings. The molecule has 1 saturated heterocycles. The topological polar surface area (TPSA) is 46.3 Å². The number of amides is 1. The molecule has 1 aliphatic heterocycles. The lowest BCUT2D eigenvalue weighted by molar-refractivity contribution is -0.117. The monoisotopic (exact) mass is 288 g/mol. The standard InChI is InChI=1S/C10H10BrClN2O/c11-7-2-1-3-8(10(7)12)14-5-6(13)4-9(14)15/h1-3,6H,4-5,13H2. The van der Waals surface area contributed by atoms with Crippen LogP contribution in [0, 0.1) is 0 Å². The second kappa shape index (κ2) is 4.12. The van der Waals surface area contributed by atoms with Crippen LogP contribution in [0.2, 0.25) is 5.02 Å². The molecule has 0 aromatic heterocycles. The summed E-state index contributed by atoms with van der Waals surface area (Å²) in [6.45, 7) is 0.537. The van der Waals surface area contributed by atoms with Crippen molar-refractivity contribution < 1.29 is 4.79 Å². The van der Waals surface area contributed by atoms with E-state index in [1.54, 1.807) is 4.90 Å². The molecule has 2 N–H and O–H groups in total. The van der Waals surface area contributed by atoms with Gasteiger partial charge in [0.15, 0.2) is 0 Å². The van der Waals surface area contributed by atoms with Crippen LogP contribution in [-0.2, 0) is 4.79 Å². The number of hydrogen-bond acceptors (Lipinski definition) is 2. The van der Waals surface area contributed by atoms with Crippen LogP contribution in [0.5, 0.6) is 0 Å². The lowest BCUT2D eigenvalue weighted by atomic mass is 10.3. The lowest BCUT2D eigenvalue weighted by Gasteiger charge is -2.18. The van der Waals surface area contributed by atoms with Crippen LogP contribution in [0.15, 0.2) is 22.7 Å². The molecule has 0 spiro atoms. The molecule has 0 saturated carbocycles. The number of nitrogens with two attached hydrogens (primary N) is 1. The Hall–Kier alpha value is -0.580. The largest absolute Gasteiger partial charge is 0.326 e. The molecule has 1 amide bonds. The Morgan fingerprint density at radius 1 is 1.53 bits per heavy atom. The van der Waals surface area contributed by atoms with Gasteiger partial charge in [0.05, 0.1) is 10.7 Å². The zero-order chi connectivity index (χ0) is 11.0. The average molecular weight is 290 g/mol. The highest BCUT2D eigenvalue weighted by Gasteiger charge is 2.29. The minimum Gasteiger partial charge on any atom is -0.326 e. The molecule has 1 heterocycles. The van der Waals surface area contributed by atoms with Crippen molar-refractivity contribution in [2.75, 3.05) is 11.4 Å². The zero-order valence-electron chi connectivity index (χ0n) is 7.91. The van der Waals surface area contributed by atoms with Crippen molar-refractivity contribution in [1.82, 2.24) is 0 Å². The van der Waals surface area contributed by atoms with Gasteiger partial charge in [0.2, 0.25) is 5.91 Å². The Morgan fingerprint density at radius 2 is 2.27 bits per heavy atom. The van der Waals surface area contributed by atoms with Crippen molar-refractivity contribution in [3.05, 3.63) is 27.7 Å². The molecule has 15 heavy (non-hydrogen) atoms. The van der Waals surface area contributed by atoms with Gasteiger partial charge in [0.1, 0.15) is 0 Å². The third kappa shape index (κ3) is 2.02. The molecule has 1 aliphatic rings. The molecular formula is C10H10BrClN2O. The van der Waals surface area contributed by atoms with Crippen LogP contribution >= 0.6 is 27.5 Å².